The first-order chi connectivity index (χ1) is 6.74. The third-order valence-electron chi connectivity index (χ3n) is 3.50. The molecule has 0 aromatic carbocycles. The second-order valence-electron chi connectivity index (χ2n) is 4.77. The Hall–Kier alpha value is -0.0800. The summed E-state index contributed by atoms with van der Waals surface area (Å²) in [6.07, 6.45) is 9.11. The van der Waals surface area contributed by atoms with Crippen molar-refractivity contribution in [3.8, 4) is 0 Å². The van der Waals surface area contributed by atoms with Crippen molar-refractivity contribution >= 4 is 0 Å². The third kappa shape index (κ3) is 2.12. The molecular formula is C12H22O2. The minimum absolute atomic E-state index is 0.198. The molecular weight excluding hydrogens is 176 g/mol. The van der Waals surface area contributed by atoms with E-state index in [9.17, 15) is 0 Å². The van der Waals surface area contributed by atoms with Gasteiger partial charge < -0.3 is 9.47 Å². The highest BCUT2D eigenvalue weighted by atomic mass is 16.7. The number of hydrogen-bond acceptors (Lipinski definition) is 2. The molecule has 2 nitrogen and oxygen atoms in total. The standard InChI is InChI=1S/C12H22O2/c1-3-11-7-5-9-12(14-11)8-4-6-10(2)13-12/h10-11H,3-9H2,1-2H3/t10-,11+,12-/m0/s1. The zero-order valence-corrected chi connectivity index (χ0v) is 9.42. The maximum atomic E-state index is 6.11. The van der Waals surface area contributed by atoms with Gasteiger partial charge >= 0.3 is 0 Å². The first-order valence-corrected chi connectivity index (χ1v) is 6.10. The molecule has 0 bridgehead atoms. The summed E-state index contributed by atoms with van der Waals surface area (Å²) in [4.78, 5) is 0. The van der Waals surface area contributed by atoms with Gasteiger partial charge in [-0.1, -0.05) is 6.92 Å². The second kappa shape index (κ2) is 4.19. The van der Waals surface area contributed by atoms with E-state index in [0.717, 1.165) is 19.3 Å². The first-order valence-electron chi connectivity index (χ1n) is 6.10. The van der Waals surface area contributed by atoms with Crippen LogP contribution in [0.3, 0.4) is 0 Å². The molecule has 2 aliphatic rings. The minimum Gasteiger partial charge on any atom is -0.347 e. The maximum Gasteiger partial charge on any atom is 0.169 e. The molecule has 2 rings (SSSR count). The molecule has 1 spiro atoms. The lowest BCUT2D eigenvalue weighted by molar-refractivity contribution is -0.312. The number of rotatable bonds is 1. The highest BCUT2D eigenvalue weighted by Gasteiger charge is 2.40. The summed E-state index contributed by atoms with van der Waals surface area (Å²) >= 11 is 0. The van der Waals surface area contributed by atoms with E-state index in [-0.39, 0.29) is 5.79 Å². The molecule has 0 aromatic heterocycles. The third-order valence-corrected chi connectivity index (χ3v) is 3.50. The Morgan fingerprint density at radius 3 is 2.50 bits per heavy atom. The summed E-state index contributed by atoms with van der Waals surface area (Å²) in [6.45, 7) is 4.37. The van der Waals surface area contributed by atoms with Gasteiger partial charge in [0.1, 0.15) is 0 Å². The van der Waals surface area contributed by atoms with Gasteiger partial charge in [0.2, 0.25) is 0 Å². The van der Waals surface area contributed by atoms with E-state index in [0.29, 0.717) is 12.2 Å². The normalized spacial score (nSPS) is 44.1. The van der Waals surface area contributed by atoms with Crippen molar-refractivity contribution in [2.75, 3.05) is 0 Å². The van der Waals surface area contributed by atoms with E-state index in [1.54, 1.807) is 0 Å². The molecule has 14 heavy (non-hydrogen) atoms. The highest BCUT2D eigenvalue weighted by molar-refractivity contribution is 4.82. The average molecular weight is 198 g/mol. The van der Waals surface area contributed by atoms with E-state index in [4.69, 9.17) is 9.47 Å². The predicted octanol–water partition coefficient (Wildman–Crippen LogP) is 3.25. The maximum absolute atomic E-state index is 6.11. The van der Waals surface area contributed by atoms with Gasteiger partial charge in [-0.15, -0.1) is 0 Å². The van der Waals surface area contributed by atoms with Crippen LogP contribution >= 0.6 is 0 Å². The fourth-order valence-electron chi connectivity index (χ4n) is 2.72. The van der Waals surface area contributed by atoms with E-state index in [1.165, 1.54) is 25.7 Å². The average Bonchev–Trinajstić information content (AvgIpc) is 2.17. The Labute approximate surface area is 87.0 Å². The van der Waals surface area contributed by atoms with Crippen LogP contribution in [0.2, 0.25) is 0 Å². The Morgan fingerprint density at radius 2 is 1.86 bits per heavy atom. The second-order valence-corrected chi connectivity index (χ2v) is 4.77. The van der Waals surface area contributed by atoms with Gasteiger partial charge in [-0.25, -0.2) is 0 Å². The predicted molar refractivity (Wildman–Crippen MR) is 56.1 cm³/mol. The molecule has 82 valence electrons. The first kappa shape index (κ1) is 10.4. The summed E-state index contributed by atoms with van der Waals surface area (Å²) in [5, 5.41) is 0. The summed E-state index contributed by atoms with van der Waals surface area (Å²) in [5.74, 6) is -0.198. The van der Waals surface area contributed by atoms with Crippen LogP contribution in [0, 0.1) is 0 Å². The van der Waals surface area contributed by atoms with Crippen LogP contribution < -0.4 is 0 Å². The van der Waals surface area contributed by atoms with Crippen molar-refractivity contribution < 1.29 is 9.47 Å². The van der Waals surface area contributed by atoms with Crippen molar-refractivity contribution in [1.82, 2.24) is 0 Å². The lowest BCUT2D eigenvalue weighted by Crippen LogP contribution is -2.47. The van der Waals surface area contributed by atoms with Gasteiger partial charge in [-0.3, -0.25) is 0 Å². The van der Waals surface area contributed by atoms with Gasteiger partial charge in [-0.2, -0.15) is 0 Å². The van der Waals surface area contributed by atoms with Crippen LogP contribution in [0.25, 0.3) is 0 Å². The largest absolute Gasteiger partial charge is 0.347 e. The molecule has 3 atom stereocenters. The monoisotopic (exact) mass is 198 g/mol. The van der Waals surface area contributed by atoms with E-state index in [2.05, 4.69) is 13.8 Å². The van der Waals surface area contributed by atoms with Crippen molar-refractivity contribution in [2.24, 2.45) is 0 Å². The summed E-state index contributed by atoms with van der Waals surface area (Å²) < 4.78 is 12.1. The lowest BCUT2D eigenvalue weighted by Gasteiger charge is -2.45. The van der Waals surface area contributed by atoms with Gasteiger partial charge in [0, 0.05) is 12.8 Å². The minimum atomic E-state index is -0.198. The van der Waals surface area contributed by atoms with E-state index >= 15 is 0 Å². The molecule has 0 unspecified atom stereocenters. The Kier molecular flexibility index (Phi) is 3.13. The van der Waals surface area contributed by atoms with Crippen LogP contribution in [-0.2, 0) is 9.47 Å². The molecule has 0 radical (unpaired) electrons. The highest BCUT2D eigenvalue weighted by Crippen LogP contribution is 2.39. The van der Waals surface area contributed by atoms with Crippen LogP contribution in [0.4, 0.5) is 0 Å². The summed E-state index contributed by atoms with van der Waals surface area (Å²) in [5.41, 5.74) is 0. The van der Waals surface area contributed by atoms with E-state index in [1.807, 2.05) is 0 Å². The molecule has 2 heterocycles. The number of hydrogen-bond donors (Lipinski definition) is 0. The fourth-order valence-corrected chi connectivity index (χ4v) is 2.72. The zero-order valence-electron chi connectivity index (χ0n) is 9.42. The molecule has 2 fully saturated rings. The van der Waals surface area contributed by atoms with E-state index < -0.39 is 0 Å². The Morgan fingerprint density at radius 1 is 1.14 bits per heavy atom. The molecule has 0 amide bonds. The van der Waals surface area contributed by atoms with Crippen molar-refractivity contribution in [1.29, 1.82) is 0 Å². The van der Waals surface area contributed by atoms with Gasteiger partial charge in [0.05, 0.1) is 12.2 Å². The van der Waals surface area contributed by atoms with Crippen LogP contribution in [0.1, 0.15) is 58.8 Å². The molecule has 0 aromatic rings. The summed E-state index contributed by atoms with van der Waals surface area (Å²) in [7, 11) is 0. The van der Waals surface area contributed by atoms with Gasteiger partial charge in [0.25, 0.3) is 0 Å². The molecule has 2 aliphatic heterocycles. The smallest absolute Gasteiger partial charge is 0.169 e. The molecule has 0 N–H and O–H groups in total. The Balaban J connectivity index is 1.99. The summed E-state index contributed by atoms with van der Waals surface area (Å²) in [6, 6.07) is 0. The van der Waals surface area contributed by atoms with Crippen molar-refractivity contribution in [2.45, 2.75) is 76.8 Å². The molecule has 2 heteroatoms. The molecule has 0 aliphatic carbocycles. The van der Waals surface area contributed by atoms with Crippen molar-refractivity contribution in [3.05, 3.63) is 0 Å². The fraction of sp³-hybridized carbons (Fsp3) is 1.00. The quantitative estimate of drug-likeness (QED) is 0.644. The van der Waals surface area contributed by atoms with Crippen LogP contribution in [0.15, 0.2) is 0 Å². The topological polar surface area (TPSA) is 18.5 Å². The zero-order chi connectivity index (χ0) is 10.0. The molecule has 0 saturated carbocycles. The molecule has 2 saturated heterocycles. The Bertz CT molecular complexity index is 189. The lowest BCUT2D eigenvalue weighted by atomic mass is 9.92. The van der Waals surface area contributed by atoms with Crippen LogP contribution in [-0.4, -0.2) is 18.0 Å². The number of ether oxygens (including phenoxy) is 2. The van der Waals surface area contributed by atoms with Crippen molar-refractivity contribution in [3.63, 3.8) is 0 Å². The van der Waals surface area contributed by atoms with Gasteiger partial charge in [0.15, 0.2) is 5.79 Å². The van der Waals surface area contributed by atoms with Gasteiger partial charge in [-0.05, 0) is 39.0 Å². The SMILES string of the molecule is CC[C@@H]1CCC[C@]2(CCC[C@H](C)O2)O1. The van der Waals surface area contributed by atoms with Crippen LogP contribution in [0.5, 0.6) is 0 Å².